The molecular weight excluding hydrogens is 406 g/mol. The van der Waals surface area contributed by atoms with Gasteiger partial charge in [0, 0.05) is 42.2 Å². The quantitative estimate of drug-likeness (QED) is 0.538. The number of carbonyl (C=O) groups excluding carboxylic acids is 1. The molecule has 2 aliphatic rings. The molecule has 2 aromatic carbocycles. The molecule has 166 valence electrons. The zero-order valence-corrected chi connectivity index (χ0v) is 18.7. The normalized spacial score (nSPS) is 16.0. The standard InChI is InChI=1S/C25H27N3O4/c1-28(18-7-5-4-6-8-18)25-26-12-17(13-27-25)22-19-11-21(31-3)20(30-2)10-15(19)9-16-14-32-24(29)23(16)22/h9-13,18H,4-8,14H2,1-3H3. The van der Waals surface area contributed by atoms with E-state index in [1.54, 1.807) is 26.6 Å². The van der Waals surface area contributed by atoms with Gasteiger partial charge in [-0.05, 0) is 41.8 Å². The number of carbonyl (C=O) groups is 1. The Morgan fingerprint density at radius 3 is 2.34 bits per heavy atom. The first-order valence-corrected chi connectivity index (χ1v) is 11.0. The maximum absolute atomic E-state index is 12.6. The highest BCUT2D eigenvalue weighted by Crippen LogP contribution is 2.42. The van der Waals surface area contributed by atoms with Gasteiger partial charge in [0.2, 0.25) is 5.95 Å². The highest BCUT2D eigenvalue weighted by atomic mass is 16.5. The van der Waals surface area contributed by atoms with Crippen LogP contribution in [0, 0.1) is 0 Å². The average Bonchev–Trinajstić information content (AvgIpc) is 3.21. The fourth-order valence-corrected chi connectivity index (χ4v) is 4.91. The molecule has 7 nitrogen and oxygen atoms in total. The Balaban J connectivity index is 1.62. The van der Waals surface area contributed by atoms with Crippen molar-refractivity contribution in [3.05, 3.63) is 41.7 Å². The minimum absolute atomic E-state index is 0.259. The molecule has 3 aromatic rings. The van der Waals surface area contributed by atoms with Crippen molar-refractivity contribution < 1.29 is 19.0 Å². The lowest BCUT2D eigenvalue weighted by Crippen LogP contribution is -2.34. The summed E-state index contributed by atoms with van der Waals surface area (Å²) in [6, 6.07) is 6.28. The van der Waals surface area contributed by atoms with E-state index in [4.69, 9.17) is 14.2 Å². The summed E-state index contributed by atoms with van der Waals surface area (Å²) in [7, 11) is 5.28. The number of benzene rings is 2. The summed E-state index contributed by atoms with van der Waals surface area (Å²) in [4.78, 5) is 24.2. The van der Waals surface area contributed by atoms with Crippen molar-refractivity contribution in [1.82, 2.24) is 9.97 Å². The van der Waals surface area contributed by atoms with Crippen molar-refractivity contribution in [3.63, 3.8) is 0 Å². The molecule has 5 rings (SSSR count). The molecule has 0 N–H and O–H groups in total. The van der Waals surface area contributed by atoms with Crippen LogP contribution in [0.4, 0.5) is 5.95 Å². The minimum atomic E-state index is -0.324. The summed E-state index contributed by atoms with van der Waals surface area (Å²) in [6.45, 7) is 0.259. The Bertz CT molecular complexity index is 1170. The Morgan fingerprint density at radius 1 is 0.969 bits per heavy atom. The van der Waals surface area contributed by atoms with Crippen LogP contribution in [0.2, 0.25) is 0 Å². The van der Waals surface area contributed by atoms with Gasteiger partial charge in [-0.2, -0.15) is 0 Å². The summed E-state index contributed by atoms with van der Waals surface area (Å²) < 4.78 is 16.4. The molecule has 0 amide bonds. The lowest BCUT2D eigenvalue weighted by Gasteiger charge is -2.31. The number of cyclic esters (lactones) is 1. The first kappa shape index (κ1) is 20.5. The van der Waals surface area contributed by atoms with E-state index in [1.807, 2.05) is 18.2 Å². The van der Waals surface area contributed by atoms with Crippen LogP contribution in [-0.2, 0) is 11.3 Å². The van der Waals surface area contributed by atoms with Gasteiger partial charge >= 0.3 is 5.97 Å². The van der Waals surface area contributed by atoms with Gasteiger partial charge in [0.25, 0.3) is 0 Å². The molecule has 0 bridgehead atoms. The highest BCUT2D eigenvalue weighted by molar-refractivity contribution is 6.11. The van der Waals surface area contributed by atoms with Crippen LogP contribution in [0.3, 0.4) is 0 Å². The molecule has 0 spiro atoms. The van der Waals surface area contributed by atoms with E-state index in [0.717, 1.165) is 27.5 Å². The number of fused-ring (bicyclic) bond motifs is 2. The van der Waals surface area contributed by atoms with Gasteiger partial charge in [0.1, 0.15) is 6.61 Å². The van der Waals surface area contributed by atoms with E-state index in [9.17, 15) is 4.79 Å². The van der Waals surface area contributed by atoms with Crippen LogP contribution >= 0.6 is 0 Å². The second kappa shape index (κ2) is 8.30. The summed E-state index contributed by atoms with van der Waals surface area (Å²) >= 11 is 0. The molecule has 1 aliphatic heterocycles. The van der Waals surface area contributed by atoms with Crippen molar-refractivity contribution in [2.75, 3.05) is 26.2 Å². The van der Waals surface area contributed by atoms with E-state index in [0.29, 0.717) is 29.1 Å². The van der Waals surface area contributed by atoms with Gasteiger partial charge in [-0.3, -0.25) is 0 Å². The van der Waals surface area contributed by atoms with Crippen LogP contribution in [0.1, 0.15) is 48.0 Å². The van der Waals surface area contributed by atoms with Gasteiger partial charge in [-0.25, -0.2) is 14.8 Å². The van der Waals surface area contributed by atoms with Crippen LogP contribution in [0.5, 0.6) is 11.5 Å². The topological polar surface area (TPSA) is 73.8 Å². The predicted octanol–water partition coefficient (Wildman–Crippen LogP) is 4.75. The van der Waals surface area contributed by atoms with Gasteiger partial charge in [-0.1, -0.05) is 19.3 Å². The van der Waals surface area contributed by atoms with Gasteiger partial charge < -0.3 is 19.1 Å². The zero-order valence-electron chi connectivity index (χ0n) is 18.7. The number of hydrogen-bond donors (Lipinski definition) is 0. The van der Waals surface area contributed by atoms with Gasteiger partial charge in [0.15, 0.2) is 11.5 Å². The van der Waals surface area contributed by atoms with Crippen LogP contribution in [0.25, 0.3) is 21.9 Å². The largest absolute Gasteiger partial charge is 0.493 e. The van der Waals surface area contributed by atoms with Crippen LogP contribution < -0.4 is 14.4 Å². The number of aromatic nitrogens is 2. The van der Waals surface area contributed by atoms with Crippen molar-refractivity contribution in [3.8, 4) is 22.6 Å². The minimum Gasteiger partial charge on any atom is -0.493 e. The van der Waals surface area contributed by atoms with Crippen molar-refractivity contribution >= 4 is 22.7 Å². The molecule has 0 atom stereocenters. The Morgan fingerprint density at radius 2 is 1.66 bits per heavy atom. The molecule has 1 aromatic heterocycles. The molecule has 32 heavy (non-hydrogen) atoms. The number of rotatable bonds is 5. The predicted molar refractivity (Wildman–Crippen MR) is 122 cm³/mol. The third-order valence-electron chi connectivity index (χ3n) is 6.65. The second-order valence-electron chi connectivity index (χ2n) is 8.46. The Kier molecular flexibility index (Phi) is 5.33. The molecular formula is C25H27N3O4. The number of hydrogen-bond acceptors (Lipinski definition) is 7. The number of nitrogens with zero attached hydrogens (tertiary/aromatic N) is 3. The number of esters is 1. The first-order valence-electron chi connectivity index (χ1n) is 11.0. The monoisotopic (exact) mass is 433 g/mol. The summed E-state index contributed by atoms with van der Waals surface area (Å²) in [6.07, 6.45) is 9.77. The lowest BCUT2D eigenvalue weighted by molar-refractivity contribution is 0.0535. The van der Waals surface area contributed by atoms with Crippen molar-refractivity contribution in [2.45, 2.75) is 44.8 Å². The smallest absolute Gasteiger partial charge is 0.339 e. The lowest BCUT2D eigenvalue weighted by atomic mass is 9.91. The number of ether oxygens (including phenoxy) is 3. The molecule has 1 saturated carbocycles. The highest BCUT2D eigenvalue weighted by Gasteiger charge is 2.29. The number of methoxy groups -OCH3 is 2. The van der Waals surface area contributed by atoms with Crippen molar-refractivity contribution in [1.29, 1.82) is 0 Å². The van der Waals surface area contributed by atoms with Crippen molar-refractivity contribution in [2.24, 2.45) is 0 Å². The number of anilines is 1. The SMILES string of the molecule is COc1cc2cc3c(c(-c4cnc(N(C)C5CCCCC5)nc4)c2cc1OC)C(=O)OC3. The third-order valence-corrected chi connectivity index (χ3v) is 6.65. The molecule has 2 heterocycles. The van der Waals surface area contributed by atoms with E-state index >= 15 is 0 Å². The molecule has 1 aliphatic carbocycles. The zero-order chi connectivity index (χ0) is 22.2. The van der Waals surface area contributed by atoms with Gasteiger partial charge in [-0.15, -0.1) is 0 Å². The Hall–Kier alpha value is -3.35. The maximum Gasteiger partial charge on any atom is 0.339 e. The fourth-order valence-electron chi connectivity index (χ4n) is 4.91. The van der Waals surface area contributed by atoms with E-state index in [2.05, 4.69) is 21.9 Å². The molecule has 7 heteroatoms. The van der Waals surface area contributed by atoms with E-state index in [-0.39, 0.29) is 12.6 Å². The average molecular weight is 434 g/mol. The van der Waals surface area contributed by atoms with Crippen LogP contribution in [0.15, 0.2) is 30.6 Å². The molecule has 0 unspecified atom stereocenters. The second-order valence-corrected chi connectivity index (χ2v) is 8.46. The third kappa shape index (κ3) is 3.42. The fraction of sp³-hybridized carbons (Fsp3) is 0.400. The molecule has 1 fully saturated rings. The first-order chi connectivity index (χ1) is 15.6. The summed E-state index contributed by atoms with van der Waals surface area (Å²) in [5, 5.41) is 1.82. The maximum atomic E-state index is 12.6. The summed E-state index contributed by atoms with van der Waals surface area (Å²) in [5.41, 5.74) is 2.97. The molecule has 0 saturated heterocycles. The van der Waals surface area contributed by atoms with E-state index < -0.39 is 0 Å². The Labute approximate surface area is 187 Å². The van der Waals surface area contributed by atoms with Crippen LogP contribution in [-0.4, -0.2) is 43.2 Å². The molecule has 0 radical (unpaired) electrons. The van der Waals surface area contributed by atoms with Gasteiger partial charge in [0.05, 0.1) is 19.8 Å². The summed E-state index contributed by atoms with van der Waals surface area (Å²) in [5.74, 6) is 1.62. The van der Waals surface area contributed by atoms with E-state index in [1.165, 1.54) is 32.1 Å².